The Morgan fingerprint density at radius 1 is 1.14 bits per heavy atom. The minimum Gasteiger partial charge on any atom is -0.507 e. The van der Waals surface area contributed by atoms with Crippen molar-refractivity contribution in [2.75, 3.05) is 6.54 Å². The summed E-state index contributed by atoms with van der Waals surface area (Å²) in [5.41, 5.74) is 9.40. The van der Waals surface area contributed by atoms with E-state index < -0.39 is 5.91 Å². The molecule has 0 saturated carbocycles. The SMILES string of the molecule is Cc1cccc(CN(CCc2c[nH]c3ccccc23)C2CCc3cc(/C=C/C(=O)NO)ccc32)c1O. The van der Waals surface area contributed by atoms with Gasteiger partial charge in [0, 0.05) is 47.9 Å². The lowest BCUT2D eigenvalue weighted by Crippen LogP contribution is -2.29. The van der Waals surface area contributed by atoms with Crippen LogP contribution < -0.4 is 5.48 Å². The third-order valence-corrected chi connectivity index (χ3v) is 7.23. The summed E-state index contributed by atoms with van der Waals surface area (Å²) in [5, 5.41) is 20.7. The summed E-state index contributed by atoms with van der Waals surface area (Å²) >= 11 is 0. The van der Waals surface area contributed by atoms with Crippen LogP contribution in [0.15, 0.2) is 72.9 Å². The molecule has 184 valence electrons. The molecule has 4 aromatic rings. The van der Waals surface area contributed by atoms with Crippen molar-refractivity contribution in [1.82, 2.24) is 15.4 Å². The van der Waals surface area contributed by atoms with E-state index in [9.17, 15) is 9.90 Å². The lowest BCUT2D eigenvalue weighted by Gasteiger charge is -2.30. The predicted octanol–water partition coefficient (Wildman–Crippen LogP) is 5.43. The molecule has 1 aromatic heterocycles. The highest BCUT2D eigenvalue weighted by Gasteiger charge is 2.29. The molecule has 0 spiro atoms. The number of carbonyl (C=O) groups is 1. The van der Waals surface area contributed by atoms with Gasteiger partial charge in [-0.1, -0.05) is 54.6 Å². The molecule has 1 heterocycles. The molecule has 0 bridgehead atoms. The number of aromatic amines is 1. The maximum absolute atomic E-state index is 11.4. The van der Waals surface area contributed by atoms with Crippen molar-refractivity contribution in [1.29, 1.82) is 0 Å². The number of nitrogens with zero attached hydrogens (tertiary/aromatic N) is 1. The molecule has 1 atom stereocenters. The van der Waals surface area contributed by atoms with Gasteiger partial charge in [0.05, 0.1) is 0 Å². The predicted molar refractivity (Wildman–Crippen MR) is 142 cm³/mol. The maximum atomic E-state index is 11.4. The van der Waals surface area contributed by atoms with Crippen LogP contribution in [0.1, 0.15) is 45.8 Å². The standard InChI is InChI=1S/C30H31N3O3/c1-20-5-4-6-24(30(20)35)19-33(16-15-23-18-31-27-8-3-2-7-25(23)27)28-13-11-22-17-21(9-12-26(22)28)10-14-29(34)32-36/h2-10,12,14,17-18,28,31,35-36H,11,13,15-16,19H2,1H3,(H,32,34)/b14-10+. The lowest BCUT2D eigenvalue weighted by molar-refractivity contribution is -0.124. The van der Waals surface area contributed by atoms with Gasteiger partial charge in [-0.15, -0.1) is 0 Å². The summed E-state index contributed by atoms with van der Waals surface area (Å²) in [4.78, 5) is 17.2. The number of hydrogen-bond donors (Lipinski definition) is 4. The first-order valence-electron chi connectivity index (χ1n) is 12.3. The quantitative estimate of drug-likeness (QED) is 0.153. The second-order valence-corrected chi connectivity index (χ2v) is 9.48. The Morgan fingerprint density at radius 2 is 2.00 bits per heavy atom. The highest BCUT2D eigenvalue weighted by molar-refractivity contribution is 5.90. The summed E-state index contributed by atoms with van der Waals surface area (Å²) < 4.78 is 0. The van der Waals surface area contributed by atoms with E-state index in [0.717, 1.165) is 48.0 Å². The highest BCUT2D eigenvalue weighted by atomic mass is 16.5. The maximum Gasteiger partial charge on any atom is 0.267 e. The van der Waals surface area contributed by atoms with Gasteiger partial charge >= 0.3 is 0 Å². The zero-order valence-electron chi connectivity index (χ0n) is 20.4. The molecule has 0 radical (unpaired) electrons. The summed E-state index contributed by atoms with van der Waals surface area (Å²) in [5.74, 6) is -0.176. The number of H-pyrrole nitrogens is 1. The molecule has 5 rings (SSSR count). The molecule has 1 aliphatic rings. The number of nitrogens with one attached hydrogen (secondary N) is 2. The number of carbonyl (C=O) groups excluding carboxylic acids is 1. The number of phenols is 1. The number of aryl methyl sites for hydroxylation is 2. The van der Waals surface area contributed by atoms with E-state index >= 15 is 0 Å². The fourth-order valence-electron chi connectivity index (χ4n) is 5.32. The number of hydrogen-bond acceptors (Lipinski definition) is 4. The topological polar surface area (TPSA) is 88.6 Å². The third kappa shape index (κ3) is 4.91. The van der Waals surface area contributed by atoms with Crippen LogP contribution >= 0.6 is 0 Å². The van der Waals surface area contributed by atoms with Crippen molar-refractivity contribution >= 4 is 22.9 Å². The van der Waals surface area contributed by atoms with Crippen LogP contribution in [-0.2, 0) is 24.2 Å². The average molecular weight is 482 g/mol. The van der Waals surface area contributed by atoms with Gasteiger partial charge in [0.2, 0.25) is 0 Å². The second-order valence-electron chi connectivity index (χ2n) is 9.48. The van der Waals surface area contributed by atoms with E-state index in [1.54, 1.807) is 11.6 Å². The van der Waals surface area contributed by atoms with Crippen LogP contribution in [-0.4, -0.2) is 32.6 Å². The number of phenolic OH excluding ortho intramolecular Hbond substituents is 1. The number of aromatic hydroxyl groups is 1. The van der Waals surface area contributed by atoms with Crippen molar-refractivity contribution in [2.45, 2.75) is 38.8 Å². The molecule has 0 fully saturated rings. The lowest BCUT2D eigenvalue weighted by atomic mass is 10.0. The number of aromatic nitrogens is 1. The zero-order valence-corrected chi connectivity index (χ0v) is 20.4. The van der Waals surface area contributed by atoms with Crippen molar-refractivity contribution in [3.63, 3.8) is 0 Å². The Kier molecular flexibility index (Phi) is 6.89. The van der Waals surface area contributed by atoms with E-state index in [0.29, 0.717) is 12.3 Å². The van der Waals surface area contributed by atoms with Crippen LogP contribution in [0.2, 0.25) is 0 Å². The molecule has 1 aliphatic carbocycles. The minimum absolute atomic E-state index is 0.240. The van der Waals surface area contributed by atoms with Crippen molar-refractivity contribution < 1.29 is 15.1 Å². The average Bonchev–Trinajstić information content (AvgIpc) is 3.51. The Balaban J connectivity index is 1.42. The highest BCUT2D eigenvalue weighted by Crippen LogP contribution is 2.38. The molecule has 4 N–H and O–H groups in total. The first-order valence-corrected chi connectivity index (χ1v) is 12.3. The van der Waals surface area contributed by atoms with Crippen molar-refractivity contribution in [3.8, 4) is 5.75 Å². The number of para-hydroxylation sites is 2. The van der Waals surface area contributed by atoms with E-state index in [1.807, 2.05) is 37.3 Å². The Bertz CT molecular complexity index is 1420. The van der Waals surface area contributed by atoms with Crippen molar-refractivity contribution in [2.24, 2.45) is 0 Å². The number of rotatable bonds is 8. The van der Waals surface area contributed by atoms with Gasteiger partial charge in [-0.3, -0.25) is 14.9 Å². The first-order chi connectivity index (χ1) is 17.5. The van der Waals surface area contributed by atoms with Gasteiger partial charge in [0.25, 0.3) is 5.91 Å². The number of amides is 1. The smallest absolute Gasteiger partial charge is 0.267 e. The molecular weight excluding hydrogens is 450 g/mol. The molecule has 3 aromatic carbocycles. The third-order valence-electron chi connectivity index (χ3n) is 7.23. The van der Waals surface area contributed by atoms with Gasteiger partial charge in [-0.05, 0) is 66.1 Å². The summed E-state index contributed by atoms with van der Waals surface area (Å²) in [6.07, 6.45) is 7.99. The summed E-state index contributed by atoms with van der Waals surface area (Å²) in [7, 11) is 0. The Labute approximate surface area is 210 Å². The number of benzene rings is 3. The molecule has 1 amide bonds. The Hall–Kier alpha value is -3.87. The fourth-order valence-corrected chi connectivity index (χ4v) is 5.32. The Morgan fingerprint density at radius 3 is 2.86 bits per heavy atom. The minimum atomic E-state index is -0.546. The monoisotopic (exact) mass is 481 g/mol. The second kappa shape index (κ2) is 10.4. The normalized spacial score (nSPS) is 15.1. The largest absolute Gasteiger partial charge is 0.507 e. The molecular formula is C30H31N3O3. The number of fused-ring (bicyclic) bond motifs is 2. The van der Waals surface area contributed by atoms with E-state index in [-0.39, 0.29) is 6.04 Å². The first kappa shape index (κ1) is 23.9. The van der Waals surface area contributed by atoms with Gasteiger partial charge in [0.1, 0.15) is 5.75 Å². The van der Waals surface area contributed by atoms with Crippen LogP contribution in [0.25, 0.3) is 17.0 Å². The van der Waals surface area contributed by atoms with E-state index in [1.165, 1.54) is 28.2 Å². The molecule has 1 unspecified atom stereocenters. The van der Waals surface area contributed by atoms with Gasteiger partial charge < -0.3 is 10.1 Å². The summed E-state index contributed by atoms with van der Waals surface area (Å²) in [6.45, 7) is 3.46. The van der Waals surface area contributed by atoms with Crippen LogP contribution in [0, 0.1) is 6.92 Å². The molecule has 0 saturated heterocycles. The van der Waals surface area contributed by atoms with Crippen LogP contribution in [0.3, 0.4) is 0 Å². The van der Waals surface area contributed by atoms with E-state index in [2.05, 4.69) is 46.4 Å². The van der Waals surface area contributed by atoms with Crippen LogP contribution in [0.5, 0.6) is 5.75 Å². The number of hydroxylamine groups is 1. The fraction of sp³-hybridized carbons (Fsp3) is 0.233. The zero-order chi connectivity index (χ0) is 25.1. The summed E-state index contributed by atoms with van der Waals surface area (Å²) in [6, 6.07) is 20.9. The van der Waals surface area contributed by atoms with E-state index in [4.69, 9.17) is 5.21 Å². The van der Waals surface area contributed by atoms with Crippen molar-refractivity contribution in [3.05, 3.63) is 106 Å². The van der Waals surface area contributed by atoms with Gasteiger partial charge in [-0.25, -0.2) is 5.48 Å². The van der Waals surface area contributed by atoms with Gasteiger partial charge in [0.15, 0.2) is 0 Å². The molecule has 6 nitrogen and oxygen atoms in total. The van der Waals surface area contributed by atoms with Crippen LogP contribution in [0.4, 0.5) is 0 Å². The molecule has 0 aliphatic heterocycles. The molecule has 36 heavy (non-hydrogen) atoms. The molecule has 6 heteroatoms. The van der Waals surface area contributed by atoms with Gasteiger partial charge in [-0.2, -0.15) is 0 Å².